The second kappa shape index (κ2) is 8.74. The van der Waals surface area contributed by atoms with Crippen molar-refractivity contribution < 1.29 is 13.2 Å². The van der Waals surface area contributed by atoms with Crippen LogP contribution in [0, 0.1) is 0 Å². The number of carbonyl (C=O) groups is 1. The van der Waals surface area contributed by atoms with Crippen LogP contribution in [0.1, 0.15) is 44.9 Å². The molecule has 1 amide bonds. The first kappa shape index (κ1) is 19.7. The van der Waals surface area contributed by atoms with E-state index in [2.05, 4.69) is 5.32 Å². The van der Waals surface area contributed by atoms with Crippen molar-refractivity contribution in [3.63, 3.8) is 0 Å². The summed E-state index contributed by atoms with van der Waals surface area (Å²) in [6.45, 7) is -0.191. The van der Waals surface area contributed by atoms with Gasteiger partial charge in [0, 0.05) is 11.4 Å². The Morgan fingerprint density at radius 3 is 2.33 bits per heavy atom. The minimum absolute atomic E-state index is 0.145. The third-order valence-corrected chi connectivity index (χ3v) is 6.32. The monoisotopic (exact) mass is 388 g/mol. The van der Waals surface area contributed by atoms with E-state index >= 15 is 0 Å². The fraction of sp³-hybridized carbons (Fsp3) is 0.476. The van der Waals surface area contributed by atoms with Crippen LogP contribution in [0.3, 0.4) is 0 Å². The highest BCUT2D eigenvalue weighted by Crippen LogP contribution is 2.28. The van der Waals surface area contributed by atoms with Gasteiger partial charge < -0.3 is 5.32 Å². The molecule has 146 valence electrons. The smallest absolute Gasteiger partial charge is 0.240 e. The third-order valence-electron chi connectivity index (χ3n) is 5.19. The van der Waals surface area contributed by atoms with Gasteiger partial charge in [0.1, 0.15) is 6.54 Å². The molecular weight excluding hydrogens is 360 g/mol. The Balaban J connectivity index is 1.80. The Bertz CT molecular complexity index is 882. The van der Waals surface area contributed by atoms with Gasteiger partial charge in [-0.05, 0) is 24.3 Å². The molecule has 1 aliphatic carbocycles. The van der Waals surface area contributed by atoms with Crippen molar-refractivity contribution in [3.05, 3.63) is 42.5 Å². The van der Waals surface area contributed by atoms with Crippen LogP contribution in [0.25, 0.3) is 10.8 Å². The summed E-state index contributed by atoms with van der Waals surface area (Å²) < 4.78 is 26.1. The van der Waals surface area contributed by atoms with Gasteiger partial charge in [0.25, 0.3) is 0 Å². The number of hydrogen-bond donors (Lipinski definition) is 1. The number of benzene rings is 2. The molecule has 1 N–H and O–H groups in total. The minimum atomic E-state index is -3.59. The number of anilines is 1. The van der Waals surface area contributed by atoms with Gasteiger partial charge in [-0.3, -0.25) is 9.10 Å². The fourth-order valence-electron chi connectivity index (χ4n) is 3.81. The first-order chi connectivity index (χ1) is 12.9. The lowest BCUT2D eigenvalue weighted by molar-refractivity contribution is -0.120. The lowest BCUT2D eigenvalue weighted by atomic mass is 9.97. The molecule has 0 atom stereocenters. The van der Waals surface area contributed by atoms with Gasteiger partial charge >= 0.3 is 0 Å². The molecule has 3 rings (SSSR count). The molecule has 5 nitrogen and oxygen atoms in total. The molecule has 0 spiro atoms. The zero-order valence-electron chi connectivity index (χ0n) is 15.9. The number of nitrogens with zero attached hydrogens (tertiary/aromatic N) is 1. The molecule has 1 saturated carbocycles. The average Bonchev–Trinajstić information content (AvgIpc) is 2.60. The van der Waals surface area contributed by atoms with Crippen molar-refractivity contribution in [2.75, 3.05) is 17.1 Å². The van der Waals surface area contributed by atoms with E-state index in [1.807, 2.05) is 36.4 Å². The number of sulfonamides is 1. The summed E-state index contributed by atoms with van der Waals surface area (Å²) in [4.78, 5) is 12.7. The van der Waals surface area contributed by atoms with Crippen LogP contribution in [-0.4, -0.2) is 33.2 Å². The highest BCUT2D eigenvalue weighted by Gasteiger charge is 2.24. The van der Waals surface area contributed by atoms with Crippen molar-refractivity contribution in [1.29, 1.82) is 0 Å². The van der Waals surface area contributed by atoms with Gasteiger partial charge in [0.05, 0.1) is 11.9 Å². The molecule has 0 saturated heterocycles. The predicted molar refractivity (Wildman–Crippen MR) is 110 cm³/mol. The Hall–Kier alpha value is -2.08. The summed E-state index contributed by atoms with van der Waals surface area (Å²) in [5, 5.41) is 4.83. The van der Waals surface area contributed by atoms with Gasteiger partial charge in [-0.2, -0.15) is 0 Å². The molecule has 0 heterocycles. The van der Waals surface area contributed by atoms with Crippen LogP contribution in [-0.2, 0) is 14.8 Å². The molecule has 27 heavy (non-hydrogen) atoms. The number of hydrogen-bond acceptors (Lipinski definition) is 3. The van der Waals surface area contributed by atoms with Crippen LogP contribution < -0.4 is 9.62 Å². The van der Waals surface area contributed by atoms with E-state index in [-0.39, 0.29) is 18.5 Å². The van der Waals surface area contributed by atoms with Gasteiger partial charge in [0.15, 0.2) is 0 Å². The van der Waals surface area contributed by atoms with E-state index in [1.165, 1.54) is 23.6 Å². The molecule has 0 radical (unpaired) electrons. The largest absolute Gasteiger partial charge is 0.352 e. The summed E-state index contributed by atoms with van der Waals surface area (Å²) in [6, 6.07) is 13.3. The summed E-state index contributed by atoms with van der Waals surface area (Å²) in [5.74, 6) is -0.237. The van der Waals surface area contributed by atoms with Crippen LogP contribution in [0.5, 0.6) is 0 Å². The quantitative estimate of drug-likeness (QED) is 0.846. The maximum Gasteiger partial charge on any atom is 0.240 e. The van der Waals surface area contributed by atoms with Crippen molar-refractivity contribution in [2.45, 2.75) is 51.0 Å². The van der Waals surface area contributed by atoms with Crippen LogP contribution in [0.15, 0.2) is 42.5 Å². The molecule has 0 aromatic heterocycles. The first-order valence-electron chi connectivity index (χ1n) is 9.70. The number of nitrogens with one attached hydrogen (secondary N) is 1. The topological polar surface area (TPSA) is 66.5 Å². The summed E-state index contributed by atoms with van der Waals surface area (Å²) in [7, 11) is -3.59. The summed E-state index contributed by atoms with van der Waals surface area (Å²) in [5.41, 5.74) is 0.545. The molecular formula is C21H28N2O3S. The standard InChI is InChI=1S/C21H28N2O3S/c1-27(25,26)23(20-15-9-11-17-10-7-8-14-19(17)20)16-21(24)22-18-12-5-3-2-4-6-13-18/h7-11,14-15,18H,2-6,12-13,16H2,1H3,(H,22,24). The number of carbonyl (C=O) groups excluding carboxylic acids is 1. The van der Waals surface area contributed by atoms with E-state index in [0.717, 1.165) is 42.7 Å². The molecule has 0 bridgehead atoms. The predicted octanol–water partition coefficient (Wildman–Crippen LogP) is 3.83. The normalized spacial score (nSPS) is 16.5. The Morgan fingerprint density at radius 2 is 1.63 bits per heavy atom. The maximum atomic E-state index is 12.7. The van der Waals surface area contributed by atoms with E-state index < -0.39 is 10.0 Å². The van der Waals surface area contributed by atoms with Gasteiger partial charge in [-0.25, -0.2) is 8.42 Å². The van der Waals surface area contributed by atoms with E-state index in [1.54, 1.807) is 6.07 Å². The molecule has 0 aliphatic heterocycles. The molecule has 0 unspecified atom stereocenters. The minimum Gasteiger partial charge on any atom is -0.352 e. The number of rotatable bonds is 5. The van der Waals surface area contributed by atoms with E-state index in [0.29, 0.717) is 5.69 Å². The Labute approximate surface area is 161 Å². The Kier molecular flexibility index (Phi) is 6.37. The molecule has 1 fully saturated rings. The Morgan fingerprint density at radius 1 is 1.00 bits per heavy atom. The van der Waals surface area contributed by atoms with Crippen LogP contribution >= 0.6 is 0 Å². The molecule has 6 heteroatoms. The molecule has 2 aromatic carbocycles. The zero-order valence-corrected chi connectivity index (χ0v) is 16.7. The van der Waals surface area contributed by atoms with Crippen LogP contribution in [0.4, 0.5) is 5.69 Å². The van der Waals surface area contributed by atoms with E-state index in [4.69, 9.17) is 0 Å². The van der Waals surface area contributed by atoms with Gasteiger partial charge in [0.2, 0.25) is 15.9 Å². The van der Waals surface area contributed by atoms with Crippen molar-refractivity contribution in [2.24, 2.45) is 0 Å². The van der Waals surface area contributed by atoms with Gasteiger partial charge in [-0.1, -0.05) is 68.5 Å². The lowest BCUT2D eigenvalue weighted by Crippen LogP contribution is -2.44. The summed E-state index contributed by atoms with van der Waals surface area (Å²) in [6.07, 6.45) is 9.00. The SMILES string of the molecule is CS(=O)(=O)N(CC(=O)NC1CCCCCCC1)c1cccc2ccccc12. The lowest BCUT2D eigenvalue weighted by Gasteiger charge is -2.26. The molecule has 1 aliphatic rings. The van der Waals surface area contributed by atoms with Gasteiger partial charge in [-0.15, -0.1) is 0 Å². The van der Waals surface area contributed by atoms with Crippen molar-refractivity contribution in [3.8, 4) is 0 Å². The van der Waals surface area contributed by atoms with Crippen molar-refractivity contribution in [1.82, 2.24) is 5.32 Å². The highest BCUT2D eigenvalue weighted by atomic mass is 32.2. The summed E-state index contributed by atoms with van der Waals surface area (Å²) >= 11 is 0. The molecule has 2 aromatic rings. The third kappa shape index (κ3) is 5.22. The van der Waals surface area contributed by atoms with Crippen LogP contribution in [0.2, 0.25) is 0 Å². The average molecular weight is 389 g/mol. The number of fused-ring (bicyclic) bond motifs is 1. The number of amides is 1. The second-order valence-corrected chi connectivity index (χ2v) is 9.28. The maximum absolute atomic E-state index is 12.7. The van der Waals surface area contributed by atoms with E-state index in [9.17, 15) is 13.2 Å². The zero-order chi connectivity index (χ0) is 19.3. The first-order valence-corrected chi connectivity index (χ1v) is 11.5. The second-order valence-electron chi connectivity index (χ2n) is 7.38. The van der Waals surface area contributed by atoms with Crippen molar-refractivity contribution >= 4 is 32.4 Å². The highest BCUT2D eigenvalue weighted by molar-refractivity contribution is 7.92. The fourth-order valence-corrected chi connectivity index (χ4v) is 4.68.